The molecule has 5 heteroatoms. The molecule has 0 aliphatic rings. The molecule has 20 heavy (non-hydrogen) atoms. The lowest BCUT2D eigenvalue weighted by atomic mass is 10.2. The van der Waals surface area contributed by atoms with Crippen LogP contribution in [0.1, 0.15) is 5.56 Å². The lowest BCUT2D eigenvalue weighted by molar-refractivity contribution is 0.393. The van der Waals surface area contributed by atoms with Crippen LogP contribution in [0.4, 0.5) is 10.1 Å². The van der Waals surface area contributed by atoms with Gasteiger partial charge in [-0.3, -0.25) is 0 Å². The second kappa shape index (κ2) is 6.48. The maximum Gasteiger partial charge on any atom is 0.124 e. The summed E-state index contributed by atoms with van der Waals surface area (Å²) in [6, 6.07) is 9.83. The van der Waals surface area contributed by atoms with Crippen LogP contribution in [0.3, 0.4) is 0 Å². The minimum absolute atomic E-state index is 0.347. The lowest BCUT2D eigenvalue weighted by Crippen LogP contribution is -2.01. The first-order chi connectivity index (χ1) is 9.62. The van der Waals surface area contributed by atoms with E-state index < -0.39 is 0 Å². The number of nitrogens with one attached hydrogen (secondary N) is 1. The summed E-state index contributed by atoms with van der Waals surface area (Å²) in [6.45, 7) is 0.527. The largest absolute Gasteiger partial charge is 0.497 e. The Balaban J connectivity index is 2.13. The molecule has 0 heterocycles. The van der Waals surface area contributed by atoms with Crippen LogP contribution in [0, 0.1) is 5.82 Å². The summed E-state index contributed by atoms with van der Waals surface area (Å²) < 4.78 is 23.4. The predicted molar refractivity (Wildman–Crippen MR) is 78.3 cm³/mol. The molecule has 2 aromatic rings. The second-order valence-electron chi connectivity index (χ2n) is 4.20. The van der Waals surface area contributed by atoms with E-state index >= 15 is 0 Å². The van der Waals surface area contributed by atoms with E-state index in [1.807, 2.05) is 12.1 Å². The van der Waals surface area contributed by atoms with E-state index in [4.69, 9.17) is 21.1 Å². The summed E-state index contributed by atoms with van der Waals surface area (Å²) >= 11 is 5.96. The third-order valence-electron chi connectivity index (χ3n) is 2.83. The topological polar surface area (TPSA) is 30.5 Å². The molecule has 0 amide bonds. The van der Waals surface area contributed by atoms with Crippen molar-refractivity contribution in [2.75, 3.05) is 19.5 Å². The molecular formula is C15H15ClFNO2. The van der Waals surface area contributed by atoms with Crippen LogP contribution in [-0.4, -0.2) is 14.2 Å². The van der Waals surface area contributed by atoms with Crippen molar-refractivity contribution in [3.8, 4) is 11.5 Å². The summed E-state index contributed by atoms with van der Waals surface area (Å²) in [6.07, 6.45) is 0. The molecule has 0 atom stereocenters. The van der Waals surface area contributed by atoms with Gasteiger partial charge >= 0.3 is 0 Å². The van der Waals surface area contributed by atoms with Gasteiger partial charge in [-0.1, -0.05) is 11.6 Å². The van der Waals surface area contributed by atoms with Crippen molar-refractivity contribution in [2.24, 2.45) is 0 Å². The van der Waals surface area contributed by atoms with Crippen molar-refractivity contribution in [1.82, 2.24) is 0 Å². The standard InChI is InChI=1S/C15H15ClFNO2/c1-19-12-5-10(6-13(8-12)20-2)9-18-15-4-3-11(17)7-14(15)16/h3-8,18H,9H2,1-2H3. The van der Waals surface area contributed by atoms with Crippen molar-refractivity contribution in [3.63, 3.8) is 0 Å². The number of halogens is 2. The Bertz CT molecular complexity index is 582. The molecule has 2 aromatic carbocycles. The highest BCUT2D eigenvalue weighted by Crippen LogP contribution is 2.25. The fourth-order valence-electron chi connectivity index (χ4n) is 1.80. The van der Waals surface area contributed by atoms with Crippen molar-refractivity contribution >= 4 is 17.3 Å². The SMILES string of the molecule is COc1cc(CNc2ccc(F)cc2Cl)cc(OC)c1. The van der Waals surface area contributed by atoms with E-state index in [9.17, 15) is 4.39 Å². The number of anilines is 1. The van der Waals surface area contributed by atoms with Crippen LogP contribution in [0.25, 0.3) is 0 Å². The average molecular weight is 296 g/mol. The molecule has 0 saturated carbocycles. The number of hydrogen-bond acceptors (Lipinski definition) is 3. The van der Waals surface area contributed by atoms with Gasteiger partial charge < -0.3 is 14.8 Å². The van der Waals surface area contributed by atoms with Gasteiger partial charge in [0.1, 0.15) is 17.3 Å². The molecule has 106 valence electrons. The highest BCUT2D eigenvalue weighted by molar-refractivity contribution is 6.33. The Kier molecular flexibility index (Phi) is 4.69. The first kappa shape index (κ1) is 14.5. The Morgan fingerprint density at radius 1 is 1.05 bits per heavy atom. The first-order valence-electron chi connectivity index (χ1n) is 6.03. The monoisotopic (exact) mass is 295 g/mol. The van der Waals surface area contributed by atoms with E-state index in [1.54, 1.807) is 26.4 Å². The third-order valence-corrected chi connectivity index (χ3v) is 3.14. The van der Waals surface area contributed by atoms with Gasteiger partial charge in [0.15, 0.2) is 0 Å². The first-order valence-corrected chi connectivity index (χ1v) is 6.41. The van der Waals surface area contributed by atoms with Crippen LogP contribution < -0.4 is 14.8 Å². The smallest absolute Gasteiger partial charge is 0.124 e. The summed E-state index contributed by atoms with van der Waals surface area (Å²) in [7, 11) is 3.20. The molecule has 0 spiro atoms. The summed E-state index contributed by atoms with van der Waals surface area (Å²) in [5.74, 6) is 1.07. The van der Waals surface area contributed by atoms with E-state index in [-0.39, 0.29) is 5.82 Å². The fourth-order valence-corrected chi connectivity index (χ4v) is 2.03. The normalized spacial score (nSPS) is 10.2. The average Bonchev–Trinajstić information content (AvgIpc) is 2.46. The zero-order chi connectivity index (χ0) is 14.5. The van der Waals surface area contributed by atoms with Crippen molar-refractivity contribution in [1.29, 1.82) is 0 Å². The van der Waals surface area contributed by atoms with Gasteiger partial charge in [0, 0.05) is 12.6 Å². The third kappa shape index (κ3) is 3.54. The summed E-state index contributed by atoms with van der Waals surface area (Å²) in [5.41, 5.74) is 1.65. The molecule has 0 aromatic heterocycles. The summed E-state index contributed by atoms with van der Waals surface area (Å²) in [4.78, 5) is 0. The van der Waals surface area contributed by atoms with Crippen LogP contribution in [-0.2, 0) is 6.54 Å². The second-order valence-corrected chi connectivity index (χ2v) is 4.61. The van der Waals surface area contributed by atoms with Gasteiger partial charge in [-0.2, -0.15) is 0 Å². The highest BCUT2D eigenvalue weighted by atomic mass is 35.5. The quantitative estimate of drug-likeness (QED) is 0.900. The molecular weight excluding hydrogens is 281 g/mol. The van der Waals surface area contributed by atoms with Crippen molar-refractivity contribution < 1.29 is 13.9 Å². The summed E-state index contributed by atoms with van der Waals surface area (Å²) in [5, 5.41) is 3.50. The molecule has 1 N–H and O–H groups in total. The van der Waals surface area contributed by atoms with Crippen molar-refractivity contribution in [2.45, 2.75) is 6.54 Å². The molecule has 0 radical (unpaired) electrons. The van der Waals surface area contributed by atoms with E-state index in [2.05, 4.69) is 5.32 Å². The molecule has 0 bridgehead atoms. The number of hydrogen-bond donors (Lipinski definition) is 1. The van der Waals surface area contributed by atoms with Gasteiger partial charge in [-0.15, -0.1) is 0 Å². The maximum absolute atomic E-state index is 13.0. The van der Waals surface area contributed by atoms with Crippen LogP contribution in [0.15, 0.2) is 36.4 Å². The zero-order valence-electron chi connectivity index (χ0n) is 11.2. The van der Waals surface area contributed by atoms with E-state index in [0.717, 1.165) is 5.56 Å². The highest BCUT2D eigenvalue weighted by Gasteiger charge is 2.04. The predicted octanol–water partition coefficient (Wildman–Crippen LogP) is 4.11. The maximum atomic E-state index is 13.0. The molecule has 0 aliphatic carbocycles. The van der Waals surface area contributed by atoms with E-state index in [1.165, 1.54) is 12.1 Å². The number of ether oxygens (including phenoxy) is 2. The Labute approximate surface area is 122 Å². The number of rotatable bonds is 5. The van der Waals surface area contributed by atoms with Gasteiger partial charge in [0.25, 0.3) is 0 Å². The van der Waals surface area contributed by atoms with Crippen LogP contribution >= 0.6 is 11.6 Å². The van der Waals surface area contributed by atoms with Gasteiger partial charge in [-0.05, 0) is 35.9 Å². The lowest BCUT2D eigenvalue weighted by Gasteiger charge is -2.11. The fraction of sp³-hybridized carbons (Fsp3) is 0.200. The van der Waals surface area contributed by atoms with E-state index in [0.29, 0.717) is 28.8 Å². The number of benzene rings is 2. The number of methoxy groups -OCH3 is 2. The molecule has 3 nitrogen and oxygen atoms in total. The molecule has 0 saturated heterocycles. The zero-order valence-corrected chi connectivity index (χ0v) is 12.0. The van der Waals surface area contributed by atoms with Crippen LogP contribution in [0.5, 0.6) is 11.5 Å². The minimum Gasteiger partial charge on any atom is -0.497 e. The van der Waals surface area contributed by atoms with Gasteiger partial charge in [0.05, 0.1) is 24.9 Å². The van der Waals surface area contributed by atoms with Crippen LogP contribution in [0.2, 0.25) is 5.02 Å². The molecule has 2 rings (SSSR count). The Morgan fingerprint density at radius 3 is 2.25 bits per heavy atom. The molecule has 0 fully saturated rings. The minimum atomic E-state index is -0.358. The molecule has 0 unspecified atom stereocenters. The van der Waals surface area contributed by atoms with Crippen molar-refractivity contribution in [3.05, 3.63) is 52.8 Å². The Morgan fingerprint density at radius 2 is 1.70 bits per heavy atom. The Hall–Kier alpha value is -1.94. The van der Waals surface area contributed by atoms with Gasteiger partial charge in [0.2, 0.25) is 0 Å². The molecule has 0 aliphatic heterocycles. The van der Waals surface area contributed by atoms with Gasteiger partial charge in [-0.25, -0.2) is 4.39 Å².